The number of unbranched alkanes of at least 4 members (excludes halogenated alkanes) is 3. The molecule has 4 heteroatoms. The van der Waals surface area contributed by atoms with Crippen molar-refractivity contribution in [2.75, 3.05) is 0 Å². The Labute approximate surface area is 88.4 Å². The highest BCUT2D eigenvalue weighted by Crippen LogP contribution is 2.34. The van der Waals surface area contributed by atoms with E-state index in [0.717, 1.165) is 25.7 Å². The highest BCUT2D eigenvalue weighted by Gasteiger charge is 2.31. The maximum Gasteiger partial charge on any atom is 0.221 e. The van der Waals surface area contributed by atoms with Crippen LogP contribution in [0.1, 0.15) is 39.0 Å². The number of hydrogen-bond acceptors (Lipinski definition) is 0. The molecule has 0 aromatic heterocycles. The fourth-order valence-electron chi connectivity index (χ4n) is 0.914. The molecule has 0 rings (SSSR count). The molecule has 0 aliphatic carbocycles. The van der Waals surface area contributed by atoms with Gasteiger partial charge in [-0.1, -0.05) is 67.4 Å². The first kappa shape index (κ1) is 12.8. The maximum atomic E-state index is 12.9. The van der Waals surface area contributed by atoms with Crippen LogP contribution in [0.2, 0.25) is 0 Å². The van der Waals surface area contributed by atoms with Crippen LogP contribution < -0.4 is 0 Å². The van der Waals surface area contributed by atoms with Crippen molar-refractivity contribution in [1.29, 1.82) is 0 Å². The number of alkyl halides is 4. The number of halogens is 4. The van der Waals surface area contributed by atoms with Crippen molar-refractivity contribution in [2.24, 2.45) is 0 Å². The van der Waals surface area contributed by atoms with Gasteiger partial charge in [0.1, 0.15) is 6.17 Å². The summed E-state index contributed by atoms with van der Waals surface area (Å²) >= 11 is 16.1. The van der Waals surface area contributed by atoms with Gasteiger partial charge in [-0.05, 0) is 6.42 Å². The first-order valence-corrected chi connectivity index (χ1v) is 5.32. The van der Waals surface area contributed by atoms with Crippen LogP contribution in [0.3, 0.4) is 0 Å². The van der Waals surface area contributed by atoms with E-state index in [2.05, 4.69) is 6.92 Å². The van der Waals surface area contributed by atoms with Gasteiger partial charge in [0.15, 0.2) is 0 Å². The molecule has 0 radical (unpaired) electrons. The molecular formula is C8H14Cl3F. The van der Waals surface area contributed by atoms with E-state index in [4.69, 9.17) is 34.8 Å². The quantitative estimate of drug-likeness (QED) is 0.480. The van der Waals surface area contributed by atoms with Crippen molar-refractivity contribution < 1.29 is 4.39 Å². The van der Waals surface area contributed by atoms with Crippen molar-refractivity contribution in [3.63, 3.8) is 0 Å². The third kappa shape index (κ3) is 6.33. The minimum atomic E-state index is -1.74. The minimum absolute atomic E-state index is 0.344. The molecule has 0 saturated heterocycles. The largest absolute Gasteiger partial charge is 0.243 e. The van der Waals surface area contributed by atoms with Crippen molar-refractivity contribution in [3.05, 3.63) is 0 Å². The molecule has 0 amide bonds. The molecule has 0 fully saturated rings. The molecule has 0 spiro atoms. The summed E-state index contributed by atoms with van der Waals surface area (Å²) in [5.74, 6) is 0. The second-order valence-electron chi connectivity index (χ2n) is 2.86. The van der Waals surface area contributed by atoms with Crippen LogP contribution >= 0.6 is 34.8 Å². The summed E-state index contributed by atoms with van der Waals surface area (Å²) in [7, 11) is 0. The Morgan fingerprint density at radius 2 is 1.75 bits per heavy atom. The highest BCUT2D eigenvalue weighted by molar-refractivity contribution is 6.68. The number of hydrogen-bond donors (Lipinski definition) is 0. The molecule has 0 aliphatic rings. The first-order chi connectivity index (χ1) is 5.48. The molecule has 0 aromatic rings. The van der Waals surface area contributed by atoms with Crippen LogP contribution in [-0.4, -0.2) is 9.96 Å². The summed E-state index contributed by atoms with van der Waals surface area (Å²) < 4.78 is 11.2. The fraction of sp³-hybridized carbons (Fsp3) is 1.00. The Morgan fingerprint density at radius 1 is 1.17 bits per heavy atom. The zero-order chi connectivity index (χ0) is 9.61. The van der Waals surface area contributed by atoms with Gasteiger partial charge >= 0.3 is 0 Å². The van der Waals surface area contributed by atoms with Gasteiger partial charge in [-0.25, -0.2) is 4.39 Å². The Morgan fingerprint density at radius 3 is 2.17 bits per heavy atom. The topological polar surface area (TPSA) is 0 Å². The normalized spacial score (nSPS) is 14.8. The molecule has 0 nitrogen and oxygen atoms in total. The Balaban J connectivity index is 3.38. The lowest BCUT2D eigenvalue weighted by Crippen LogP contribution is -2.20. The summed E-state index contributed by atoms with van der Waals surface area (Å²) in [5.41, 5.74) is 0. The van der Waals surface area contributed by atoms with Crippen LogP contribution in [-0.2, 0) is 0 Å². The summed E-state index contributed by atoms with van der Waals surface area (Å²) in [5, 5.41) is 0. The second kappa shape index (κ2) is 6.28. The molecule has 0 heterocycles. The maximum absolute atomic E-state index is 12.9. The molecule has 1 unspecified atom stereocenters. The minimum Gasteiger partial charge on any atom is -0.243 e. The molecule has 74 valence electrons. The molecule has 0 N–H and O–H groups in total. The van der Waals surface area contributed by atoms with Crippen molar-refractivity contribution in [2.45, 2.75) is 49.0 Å². The third-order valence-corrected chi connectivity index (χ3v) is 2.38. The summed E-state index contributed by atoms with van der Waals surface area (Å²) in [6.07, 6.45) is 3.06. The van der Waals surface area contributed by atoms with E-state index < -0.39 is 9.96 Å². The average Bonchev–Trinajstić information content (AvgIpc) is 1.96. The summed E-state index contributed by atoms with van der Waals surface area (Å²) in [4.78, 5) is 0. The zero-order valence-electron chi connectivity index (χ0n) is 7.12. The lowest BCUT2D eigenvalue weighted by molar-refractivity contribution is 0.308. The van der Waals surface area contributed by atoms with E-state index in [0.29, 0.717) is 6.42 Å². The van der Waals surface area contributed by atoms with E-state index >= 15 is 0 Å². The Bertz CT molecular complexity index is 111. The van der Waals surface area contributed by atoms with Gasteiger partial charge in [-0.15, -0.1) is 0 Å². The zero-order valence-corrected chi connectivity index (χ0v) is 9.39. The van der Waals surface area contributed by atoms with Crippen LogP contribution in [0.15, 0.2) is 0 Å². The van der Waals surface area contributed by atoms with Crippen LogP contribution in [0.25, 0.3) is 0 Å². The van der Waals surface area contributed by atoms with E-state index in [1.54, 1.807) is 0 Å². The van der Waals surface area contributed by atoms with Crippen LogP contribution in [0.4, 0.5) is 4.39 Å². The smallest absolute Gasteiger partial charge is 0.221 e. The van der Waals surface area contributed by atoms with Gasteiger partial charge in [0.25, 0.3) is 0 Å². The van der Waals surface area contributed by atoms with E-state index in [-0.39, 0.29) is 0 Å². The Kier molecular flexibility index (Phi) is 6.70. The van der Waals surface area contributed by atoms with Gasteiger partial charge in [0.2, 0.25) is 3.79 Å². The van der Waals surface area contributed by atoms with Crippen molar-refractivity contribution in [3.8, 4) is 0 Å². The van der Waals surface area contributed by atoms with Gasteiger partial charge in [0, 0.05) is 0 Å². The summed E-state index contributed by atoms with van der Waals surface area (Å²) in [6.45, 7) is 2.10. The van der Waals surface area contributed by atoms with Gasteiger partial charge in [0.05, 0.1) is 0 Å². The monoisotopic (exact) mass is 234 g/mol. The van der Waals surface area contributed by atoms with Crippen molar-refractivity contribution >= 4 is 34.8 Å². The van der Waals surface area contributed by atoms with Crippen LogP contribution in [0.5, 0.6) is 0 Å². The van der Waals surface area contributed by atoms with Gasteiger partial charge < -0.3 is 0 Å². The lowest BCUT2D eigenvalue weighted by Gasteiger charge is -2.15. The molecule has 0 saturated carbocycles. The van der Waals surface area contributed by atoms with Gasteiger partial charge in [-0.2, -0.15) is 0 Å². The molecule has 1 atom stereocenters. The number of rotatable bonds is 5. The Hall–Kier alpha value is 0.800. The predicted molar refractivity (Wildman–Crippen MR) is 53.9 cm³/mol. The van der Waals surface area contributed by atoms with E-state index in [1.807, 2.05) is 0 Å². The van der Waals surface area contributed by atoms with E-state index in [9.17, 15) is 4.39 Å². The summed E-state index contributed by atoms with van der Waals surface area (Å²) in [6, 6.07) is 0. The highest BCUT2D eigenvalue weighted by atomic mass is 35.6. The molecule has 0 aliphatic heterocycles. The van der Waals surface area contributed by atoms with Gasteiger partial charge in [-0.3, -0.25) is 0 Å². The molecule has 0 aromatic carbocycles. The molecular weight excluding hydrogens is 221 g/mol. The SMILES string of the molecule is CCCCCCC(F)C(Cl)(Cl)Cl. The molecule has 0 bridgehead atoms. The second-order valence-corrected chi connectivity index (χ2v) is 5.23. The van der Waals surface area contributed by atoms with Crippen LogP contribution in [0, 0.1) is 0 Å². The standard InChI is InChI=1S/C8H14Cl3F/c1-2-3-4-5-6-7(12)8(9,10)11/h7H,2-6H2,1H3. The van der Waals surface area contributed by atoms with E-state index in [1.165, 1.54) is 0 Å². The van der Waals surface area contributed by atoms with Crippen molar-refractivity contribution in [1.82, 2.24) is 0 Å². The third-order valence-electron chi connectivity index (χ3n) is 1.67. The predicted octanol–water partition coefficient (Wildman–Crippen LogP) is 4.67. The molecule has 12 heavy (non-hydrogen) atoms. The lowest BCUT2D eigenvalue weighted by atomic mass is 10.1. The first-order valence-electron chi connectivity index (χ1n) is 4.19. The average molecular weight is 236 g/mol. The fourth-order valence-corrected chi connectivity index (χ4v) is 1.24.